The van der Waals surface area contributed by atoms with Crippen LogP contribution in [0.15, 0.2) is 44.9 Å². The van der Waals surface area contributed by atoms with Crippen LogP contribution in [-0.2, 0) is 0 Å². The van der Waals surface area contributed by atoms with Crippen LogP contribution in [0.3, 0.4) is 0 Å². The molecule has 7 nitrogen and oxygen atoms in total. The van der Waals surface area contributed by atoms with Crippen LogP contribution in [-0.4, -0.2) is 14.2 Å². The number of methoxy groups -OCH3 is 2. The molecule has 7 heteroatoms. The average Bonchev–Trinajstić information content (AvgIpc) is 2.60. The van der Waals surface area contributed by atoms with Gasteiger partial charge in [0.15, 0.2) is 17.3 Å². The van der Waals surface area contributed by atoms with Gasteiger partial charge in [0.05, 0.1) is 20.1 Å². The van der Waals surface area contributed by atoms with Gasteiger partial charge >= 0.3 is 0 Å². The zero-order valence-electron chi connectivity index (χ0n) is 14.0. The number of allylic oxidation sites excluding steroid dienone is 1. The summed E-state index contributed by atoms with van der Waals surface area (Å²) in [5, 5.41) is 9.59. The molecule has 128 valence electrons. The summed E-state index contributed by atoms with van der Waals surface area (Å²) >= 11 is 0. The van der Waals surface area contributed by atoms with Crippen LogP contribution in [0.25, 0.3) is 0 Å². The third-order valence-electron chi connectivity index (χ3n) is 3.95. The largest absolute Gasteiger partial charge is 0.493 e. The lowest BCUT2D eigenvalue weighted by molar-refractivity contribution is 0.328. The number of rotatable bonds is 3. The maximum absolute atomic E-state index is 12.3. The van der Waals surface area contributed by atoms with Gasteiger partial charge in [-0.25, -0.2) is 0 Å². The van der Waals surface area contributed by atoms with Crippen LogP contribution in [0.2, 0.25) is 0 Å². The Morgan fingerprint density at radius 2 is 2.04 bits per heavy atom. The molecule has 1 aromatic carbocycles. The maximum atomic E-state index is 12.3. The molecule has 1 unspecified atom stereocenters. The number of nitriles is 1. The maximum Gasteiger partial charge on any atom is 0.228 e. The van der Waals surface area contributed by atoms with Gasteiger partial charge < -0.3 is 24.4 Å². The second-order valence-electron chi connectivity index (χ2n) is 5.42. The zero-order chi connectivity index (χ0) is 18.1. The number of ether oxygens (including phenoxy) is 3. The Hall–Kier alpha value is -3.40. The third-order valence-corrected chi connectivity index (χ3v) is 3.95. The van der Waals surface area contributed by atoms with Crippen molar-refractivity contribution in [3.05, 3.63) is 63.0 Å². The summed E-state index contributed by atoms with van der Waals surface area (Å²) in [6.45, 7) is 1.65. The molecule has 1 aromatic heterocycles. The Balaban J connectivity index is 2.36. The molecule has 3 rings (SSSR count). The van der Waals surface area contributed by atoms with Crippen LogP contribution in [0, 0.1) is 18.3 Å². The number of hydrogen-bond donors (Lipinski definition) is 1. The fourth-order valence-corrected chi connectivity index (χ4v) is 2.91. The zero-order valence-corrected chi connectivity index (χ0v) is 14.0. The lowest BCUT2D eigenvalue weighted by atomic mass is 9.86. The van der Waals surface area contributed by atoms with Crippen molar-refractivity contribution in [2.24, 2.45) is 5.73 Å². The van der Waals surface area contributed by atoms with Crippen molar-refractivity contribution in [3.8, 4) is 23.3 Å². The molecular formula is C18H16N2O5. The van der Waals surface area contributed by atoms with E-state index in [4.69, 9.17) is 24.4 Å². The molecule has 0 radical (unpaired) electrons. The van der Waals surface area contributed by atoms with E-state index in [-0.39, 0.29) is 28.4 Å². The van der Waals surface area contributed by atoms with Crippen LogP contribution in [0.5, 0.6) is 17.2 Å². The number of benzene rings is 1. The second-order valence-corrected chi connectivity index (χ2v) is 5.42. The first-order chi connectivity index (χ1) is 12.0. The van der Waals surface area contributed by atoms with Crippen LogP contribution >= 0.6 is 0 Å². The molecule has 1 aliphatic heterocycles. The Morgan fingerprint density at radius 3 is 2.68 bits per heavy atom. The van der Waals surface area contributed by atoms with Crippen molar-refractivity contribution in [3.63, 3.8) is 0 Å². The van der Waals surface area contributed by atoms with Gasteiger partial charge in [-0.2, -0.15) is 5.26 Å². The van der Waals surface area contributed by atoms with E-state index in [0.29, 0.717) is 22.8 Å². The Kier molecular flexibility index (Phi) is 4.11. The van der Waals surface area contributed by atoms with E-state index in [9.17, 15) is 10.1 Å². The van der Waals surface area contributed by atoms with Gasteiger partial charge in [0.25, 0.3) is 0 Å². The summed E-state index contributed by atoms with van der Waals surface area (Å²) < 4.78 is 21.9. The Bertz CT molecular complexity index is 968. The molecule has 2 heterocycles. The Labute approximate surface area is 143 Å². The first kappa shape index (κ1) is 16.5. The molecule has 0 aliphatic carbocycles. The van der Waals surface area contributed by atoms with Crippen molar-refractivity contribution >= 4 is 0 Å². The van der Waals surface area contributed by atoms with E-state index in [1.807, 2.05) is 6.07 Å². The van der Waals surface area contributed by atoms with Crippen molar-refractivity contribution in [1.29, 1.82) is 5.26 Å². The minimum atomic E-state index is -0.744. The van der Waals surface area contributed by atoms with Crippen molar-refractivity contribution in [2.75, 3.05) is 14.2 Å². The molecule has 0 fully saturated rings. The minimum Gasteiger partial charge on any atom is -0.493 e. The van der Waals surface area contributed by atoms with Crippen molar-refractivity contribution < 1.29 is 18.6 Å². The normalized spacial score (nSPS) is 15.8. The highest BCUT2D eigenvalue weighted by Crippen LogP contribution is 2.46. The molecule has 1 atom stereocenters. The predicted molar refractivity (Wildman–Crippen MR) is 88.6 cm³/mol. The molecule has 0 saturated carbocycles. The minimum absolute atomic E-state index is 0.0306. The summed E-state index contributed by atoms with van der Waals surface area (Å²) in [5.74, 6) is 0.607. The standard InChI is InChI=1S/C18H16N2O5/c1-9-7-12(21)16-17(24-9)14(11(8-19)18(20)25-16)10-5-4-6-13(22-2)15(10)23-3/h4-7,14H,20H2,1-3H3. The van der Waals surface area contributed by atoms with Gasteiger partial charge in [0, 0.05) is 11.6 Å². The SMILES string of the molecule is COc1cccc(C2C(C#N)=C(N)Oc3c2oc(C)cc3=O)c1OC. The highest BCUT2D eigenvalue weighted by atomic mass is 16.5. The lowest BCUT2D eigenvalue weighted by Gasteiger charge is -2.26. The number of nitrogens with two attached hydrogens (primary N) is 1. The molecule has 2 N–H and O–H groups in total. The van der Waals surface area contributed by atoms with E-state index >= 15 is 0 Å². The van der Waals surface area contributed by atoms with Crippen LogP contribution in [0.1, 0.15) is 23.0 Å². The third kappa shape index (κ3) is 2.58. The van der Waals surface area contributed by atoms with E-state index in [0.717, 1.165) is 0 Å². The van der Waals surface area contributed by atoms with Crippen molar-refractivity contribution in [1.82, 2.24) is 0 Å². The molecule has 2 aromatic rings. The van der Waals surface area contributed by atoms with Crippen LogP contribution < -0.4 is 25.4 Å². The van der Waals surface area contributed by atoms with E-state index in [1.54, 1.807) is 25.1 Å². The topological polar surface area (TPSA) is 108 Å². The predicted octanol–water partition coefficient (Wildman–Crippen LogP) is 2.18. The molecule has 0 spiro atoms. The smallest absolute Gasteiger partial charge is 0.228 e. The summed E-state index contributed by atoms with van der Waals surface area (Å²) in [6.07, 6.45) is 0. The quantitative estimate of drug-likeness (QED) is 0.912. The number of aryl methyl sites for hydroxylation is 1. The second kappa shape index (κ2) is 6.24. The first-order valence-corrected chi connectivity index (χ1v) is 7.45. The average molecular weight is 340 g/mol. The number of hydrogen-bond acceptors (Lipinski definition) is 7. The fraction of sp³-hybridized carbons (Fsp3) is 0.222. The highest BCUT2D eigenvalue weighted by molar-refractivity contribution is 5.58. The Morgan fingerprint density at radius 1 is 1.28 bits per heavy atom. The van der Waals surface area contributed by atoms with Gasteiger partial charge in [-0.1, -0.05) is 12.1 Å². The molecule has 0 amide bonds. The molecule has 0 bridgehead atoms. The summed E-state index contributed by atoms with van der Waals surface area (Å²) in [7, 11) is 3.01. The number of nitrogens with zero attached hydrogens (tertiary/aromatic N) is 1. The van der Waals surface area contributed by atoms with Gasteiger partial charge in [-0.05, 0) is 13.0 Å². The van der Waals surface area contributed by atoms with Crippen LogP contribution in [0.4, 0.5) is 0 Å². The monoisotopic (exact) mass is 340 g/mol. The van der Waals surface area contributed by atoms with Gasteiger partial charge in [-0.3, -0.25) is 4.79 Å². The summed E-state index contributed by atoms with van der Waals surface area (Å²) in [6, 6.07) is 8.59. The molecule has 1 aliphatic rings. The fourth-order valence-electron chi connectivity index (χ4n) is 2.91. The molecule has 0 saturated heterocycles. The molecule has 25 heavy (non-hydrogen) atoms. The van der Waals surface area contributed by atoms with E-state index in [1.165, 1.54) is 20.3 Å². The van der Waals surface area contributed by atoms with Gasteiger partial charge in [-0.15, -0.1) is 0 Å². The van der Waals surface area contributed by atoms with Gasteiger partial charge in [0.2, 0.25) is 17.1 Å². The molecular weight excluding hydrogens is 324 g/mol. The highest BCUT2D eigenvalue weighted by Gasteiger charge is 2.37. The number of para-hydroxylation sites is 1. The van der Waals surface area contributed by atoms with Crippen molar-refractivity contribution in [2.45, 2.75) is 12.8 Å². The first-order valence-electron chi connectivity index (χ1n) is 7.45. The lowest BCUT2D eigenvalue weighted by Crippen LogP contribution is -2.25. The van der Waals surface area contributed by atoms with E-state index in [2.05, 4.69) is 0 Å². The number of fused-ring (bicyclic) bond motifs is 1. The van der Waals surface area contributed by atoms with E-state index < -0.39 is 5.92 Å². The van der Waals surface area contributed by atoms with Gasteiger partial charge in [0.1, 0.15) is 17.4 Å². The summed E-state index contributed by atoms with van der Waals surface area (Å²) in [4.78, 5) is 12.3. The summed E-state index contributed by atoms with van der Waals surface area (Å²) in [5.41, 5.74) is 6.23.